The van der Waals surface area contributed by atoms with Crippen LogP contribution >= 0.6 is 15.9 Å². The van der Waals surface area contributed by atoms with E-state index in [1.807, 2.05) is 6.07 Å². The van der Waals surface area contributed by atoms with Gasteiger partial charge in [0.1, 0.15) is 0 Å². The zero-order chi connectivity index (χ0) is 9.84. The van der Waals surface area contributed by atoms with Crippen molar-refractivity contribution in [3.05, 3.63) is 33.8 Å². The van der Waals surface area contributed by atoms with Gasteiger partial charge in [0.25, 0.3) is 0 Å². The van der Waals surface area contributed by atoms with Crippen molar-refractivity contribution in [1.29, 1.82) is 5.26 Å². The van der Waals surface area contributed by atoms with Gasteiger partial charge in [-0.3, -0.25) is 4.79 Å². The minimum Gasteiger partial charge on any atom is -0.294 e. The van der Waals surface area contributed by atoms with Crippen molar-refractivity contribution >= 4 is 21.7 Å². The van der Waals surface area contributed by atoms with Gasteiger partial charge in [-0.25, -0.2) is 0 Å². The Labute approximate surface area is 85.3 Å². The summed E-state index contributed by atoms with van der Waals surface area (Å²) in [6.07, 6.45) is 0.460. The molecule has 0 spiro atoms. The number of Topliss-reactive ketones (excluding diaryl/α,β-unsaturated/α-hetero) is 1. The monoisotopic (exact) mass is 237 g/mol. The van der Waals surface area contributed by atoms with Crippen molar-refractivity contribution in [3.8, 4) is 6.07 Å². The molecule has 0 atom stereocenters. The minimum absolute atomic E-state index is 0.0535. The number of nitriles is 1. The molecule has 0 N–H and O–H groups in total. The minimum atomic E-state index is 0.0535. The van der Waals surface area contributed by atoms with Crippen molar-refractivity contribution in [2.45, 2.75) is 13.3 Å². The van der Waals surface area contributed by atoms with Crippen molar-refractivity contribution in [1.82, 2.24) is 0 Å². The van der Waals surface area contributed by atoms with Crippen LogP contribution in [-0.2, 0) is 0 Å². The normalized spacial score (nSPS) is 9.31. The fourth-order valence-electron chi connectivity index (χ4n) is 1.02. The summed E-state index contributed by atoms with van der Waals surface area (Å²) in [6, 6.07) is 7.03. The second-order valence-electron chi connectivity index (χ2n) is 2.62. The molecular weight excluding hydrogens is 230 g/mol. The van der Waals surface area contributed by atoms with Crippen LogP contribution in [0.1, 0.15) is 29.3 Å². The molecule has 2 nitrogen and oxygen atoms in total. The van der Waals surface area contributed by atoms with Gasteiger partial charge < -0.3 is 0 Å². The van der Waals surface area contributed by atoms with Crippen LogP contribution in [0.2, 0.25) is 0 Å². The number of rotatable bonds is 2. The van der Waals surface area contributed by atoms with E-state index in [9.17, 15) is 4.79 Å². The summed E-state index contributed by atoms with van der Waals surface area (Å²) in [5.74, 6) is 0.0535. The van der Waals surface area contributed by atoms with Crippen LogP contribution in [0.4, 0.5) is 0 Å². The Morgan fingerprint density at radius 1 is 1.54 bits per heavy atom. The van der Waals surface area contributed by atoms with E-state index in [-0.39, 0.29) is 5.78 Å². The second-order valence-corrected chi connectivity index (χ2v) is 3.53. The number of hydrogen-bond acceptors (Lipinski definition) is 2. The summed E-state index contributed by atoms with van der Waals surface area (Å²) in [5.41, 5.74) is 1.10. The average molecular weight is 238 g/mol. The van der Waals surface area contributed by atoms with E-state index in [0.29, 0.717) is 17.5 Å². The molecule has 3 heteroatoms. The van der Waals surface area contributed by atoms with E-state index in [1.54, 1.807) is 25.1 Å². The SMILES string of the molecule is CCC(=O)c1cc(Br)cc(C#N)c1. The maximum absolute atomic E-state index is 11.3. The molecule has 0 saturated carbocycles. The van der Waals surface area contributed by atoms with E-state index in [4.69, 9.17) is 5.26 Å². The van der Waals surface area contributed by atoms with E-state index >= 15 is 0 Å². The summed E-state index contributed by atoms with van der Waals surface area (Å²) in [4.78, 5) is 11.3. The zero-order valence-electron chi connectivity index (χ0n) is 7.17. The smallest absolute Gasteiger partial charge is 0.162 e. The maximum atomic E-state index is 11.3. The van der Waals surface area contributed by atoms with Crippen molar-refractivity contribution < 1.29 is 4.79 Å². The third-order valence-corrected chi connectivity index (χ3v) is 2.13. The molecule has 0 unspecified atom stereocenters. The van der Waals surface area contributed by atoms with Crippen LogP contribution in [0.3, 0.4) is 0 Å². The van der Waals surface area contributed by atoms with Crippen LogP contribution in [0.5, 0.6) is 0 Å². The summed E-state index contributed by atoms with van der Waals surface area (Å²) >= 11 is 3.25. The van der Waals surface area contributed by atoms with Gasteiger partial charge in [0.05, 0.1) is 11.6 Å². The Morgan fingerprint density at radius 2 is 2.23 bits per heavy atom. The van der Waals surface area contributed by atoms with Gasteiger partial charge in [-0.15, -0.1) is 0 Å². The first-order valence-corrected chi connectivity index (χ1v) is 4.70. The number of carbonyl (C=O) groups is 1. The molecule has 0 aliphatic heterocycles. The topological polar surface area (TPSA) is 40.9 Å². The lowest BCUT2D eigenvalue weighted by Gasteiger charge is -1.99. The highest BCUT2D eigenvalue weighted by molar-refractivity contribution is 9.10. The fraction of sp³-hybridized carbons (Fsp3) is 0.200. The Balaban J connectivity index is 3.17. The third-order valence-electron chi connectivity index (χ3n) is 1.67. The molecule has 66 valence electrons. The van der Waals surface area contributed by atoms with Gasteiger partial charge in [-0.2, -0.15) is 5.26 Å². The molecule has 0 radical (unpaired) electrons. The molecule has 0 aromatic heterocycles. The predicted molar refractivity (Wildman–Crippen MR) is 53.5 cm³/mol. The average Bonchev–Trinajstić information content (AvgIpc) is 2.15. The van der Waals surface area contributed by atoms with Crippen LogP contribution in [0.25, 0.3) is 0 Å². The summed E-state index contributed by atoms with van der Waals surface area (Å²) in [5, 5.41) is 8.66. The summed E-state index contributed by atoms with van der Waals surface area (Å²) < 4.78 is 0.767. The third kappa shape index (κ3) is 2.40. The van der Waals surface area contributed by atoms with Gasteiger partial charge in [-0.1, -0.05) is 22.9 Å². The number of hydrogen-bond donors (Lipinski definition) is 0. The molecule has 1 aromatic rings. The van der Waals surface area contributed by atoms with Gasteiger partial charge in [0.15, 0.2) is 5.78 Å². The Morgan fingerprint density at radius 3 is 2.77 bits per heavy atom. The molecule has 0 fully saturated rings. The van der Waals surface area contributed by atoms with Crippen LogP contribution < -0.4 is 0 Å². The first-order valence-electron chi connectivity index (χ1n) is 3.91. The standard InChI is InChI=1S/C10H8BrNO/c1-2-10(13)8-3-7(6-12)4-9(11)5-8/h3-5H,2H2,1H3. The van der Waals surface area contributed by atoms with Crippen LogP contribution in [0.15, 0.2) is 22.7 Å². The predicted octanol–water partition coefficient (Wildman–Crippen LogP) is 2.91. The summed E-state index contributed by atoms with van der Waals surface area (Å²) in [6.45, 7) is 1.80. The molecule has 1 rings (SSSR count). The van der Waals surface area contributed by atoms with E-state index < -0.39 is 0 Å². The molecule has 0 saturated heterocycles. The van der Waals surface area contributed by atoms with Crippen molar-refractivity contribution in [2.24, 2.45) is 0 Å². The van der Waals surface area contributed by atoms with E-state index in [2.05, 4.69) is 15.9 Å². The lowest BCUT2D eigenvalue weighted by Crippen LogP contribution is -1.96. The summed E-state index contributed by atoms with van der Waals surface area (Å²) in [7, 11) is 0. The number of carbonyl (C=O) groups excluding carboxylic acids is 1. The first-order chi connectivity index (χ1) is 6.17. The second kappa shape index (κ2) is 4.20. The highest BCUT2D eigenvalue weighted by Crippen LogP contribution is 2.16. The van der Waals surface area contributed by atoms with Crippen LogP contribution in [0, 0.1) is 11.3 Å². The molecule has 13 heavy (non-hydrogen) atoms. The molecular formula is C10H8BrNO. The highest BCUT2D eigenvalue weighted by Gasteiger charge is 2.05. The lowest BCUT2D eigenvalue weighted by molar-refractivity contribution is 0.0988. The molecule has 0 amide bonds. The van der Waals surface area contributed by atoms with Gasteiger partial charge >= 0.3 is 0 Å². The Kier molecular flexibility index (Phi) is 3.21. The Hall–Kier alpha value is -1.14. The van der Waals surface area contributed by atoms with Crippen molar-refractivity contribution in [3.63, 3.8) is 0 Å². The Bertz CT molecular complexity index is 379. The largest absolute Gasteiger partial charge is 0.294 e. The molecule has 0 aliphatic carbocycles. The van der Waals surface area contributed by atoms with E-state index in [1.165, 1.54) is 0 Å². The maximum Gasteiger partial charge on any atom is 0.162 e. The van der Waals surface area contributed by atoms with Gasteiger partial charge in [0, 0.05) is 16.5 Å². The number of benzene rings is 1. The molecule has 0 heterocycles. The van der Waals surface area contributed by atoms with E-state index in [0.717, 1.165) is 4.47 Å². The fourth-order valence-corrected chi connectivity index (χ4v) is 1.51. The quantitative estimate of drug-likeness (QED) is 0.743. The highest BCUT2D eigenvalue weighted by atomic mass is 79.9. The van der Waals surface area contributed by atoms with Gasteiger partial charge in [-0.05, 0) is 18.2 Å². The number of nitrogens with zero attached hydrogens (tertiary/aromatic N) is 1. The molecule has 0 bridgehead atoms. The van der Waals surface area contributed by atoms with Crippen molar-refractivity contribution in [2.75, 3.05) is 0 Å². The van der Waals surface area contributed by atoms with Gasteiger partial charge in [0.2, 0.25) is 0 Å². The first kappa shape index (κ1) is 9.94. The molecule has 0 aliphatic rings. The number of ketones is 1. The lowest BCUT2D eigenvalue weighted by atomic mass is 10.1. The van der Waals surface area contributed by atoms with Crippen LogP contribution in [-0.4, -0.2) is 5.78 Å². The zero-order valence-corrected chi connectivity index (χ0v) is 8.76. The number of halogens is 1. The molecule has 1 aromatic carbocycles.